The summed E-state index contributed by atoms with van der Waals surface area (Å²) in [5.41, 5.74) is 5.06. The van der Waals surface area contributed by atoms with Gasteiger partial charge in [-0.05, 0) is 74.2 Å². The van der Waals surface area contributed by atoms with Gasteiger partial charge in [0, 0.05) is 24.5 Å². The number of amides is 1. The fourth-order valence-electron chi connectivity index (χ4n) is 4.47. The molecule has 1 saturated heterocycles. The molecule has 6 heteroatoms. The van der Waals surface area contributed by atoms with E-state index in [1.165, 1.54) is 11.6 Å². The van der Waals surface area contributed by atoms with Crippen LogP contribution in [0.4, 0.5) is 0 Å². The Morgan fingerprint density at radius 3 is 2.79 bits per heavy atom. The van der Waals surface area contributed by atoms with Crippen LogP contribution in [-0.4, -0.2) is 31.7 Å². The number of likely N-dealkylation sites (tertiary alicyclic amines) is 1. The molecule has 0 spiro atoms. The minimum atomic E-state index is -0.0777. The summed E-state index contributed by atoms with van der Waals surface area (Å²) in [6, 6.07) is 13.9. The van der Waals surface area contributed by atoms with Crippen molar-refractivity contribution in [2.75, 3.05) is 6.54 Å². The number of rotatable bonds is 5. The summed E-state index contributed by atoms with van der Waals surface area (Å²) in [5.74, 6) is 2.42. The smallest absolute Gasteiger partial charge is 0.246 e. The third kappa shape index (κ3) is 3.78. The lowest BCUT2D eigenvalue weighted by Gasteiger charge is -2.22. The molecule has 1 amide bonds. The van der Waals surface area contributed by atoms with Crippen molar-refractivity contribution in [2.45, 2.75) is 32.7 Å². The summed E-state index contributed by atoms with van der Waals surface area (Å²) in [7, 11) is 0. The summed E-state index contributed by atoms with van der Waals surface area (Å²) < 4.78 is 8.16. The molecule has 0 saturated carbocycles. The number of aromatic nitrogens is 3. The lowest BCUT2D eigenvalue weighted by atomic mass is 10.1. The number of carbonyl (C=O) groups excluding carboxylic acids is 1. The number of carbonyl (C=O) groups is 1. The maximum absolute atomic E-state index is 12.4. The highest BCUT2D eigenvalue weighted by Crippen LogP contribution is 2.36. The van der Waals surface area contributed by atoms with Crippen LogP contribution in [0.2, 0.25) is 0 Å². The van der Waals surface area contributed by atoms with Crippen LogP contribution in [0.5, 0.6) is 11.5 Å². The average molecular weight is 439 g/mol. The molecule has 0 N–H and O–H groups in total. The van der Waals surface area contributed by atoms with Gasteiger partial charge in [-0.3, -0.25) is 14.2 Å². The zero-order valence-electron chi connectivity index (χ0n) is 18.9. The van der Waals surface area contributed by atoms with E-state index in [-0.39, 0.29) is 11.9 Å². The van der Waals surface area contributed by atoms with Crippen LogP contribution in [0, 0.1) is 13.8 Å². The minimum Gasteiger partial charge on any atom is -0.457 e. The summed E-state index contributed by atoms with van der Waals surface area (Å²) in [6.07, 6.45) is 8.69. The third-order valence-electron chi connectivity index (χ3n) is 6.39. The van der Waals surface area contributed by atoms with Gasteiger partial charge in [0.15, 0.2) is 0 Å². The van der Waals surface area contributed by atoms with E-state index in [0.29, 0.717) is 0 Å². The molecule has 0 unspecified atom stereocenters. The highest BCUT2D eigenvalue weighted by Gasteiger charge is 2.32. The fourth-order valence-corrected chi connectivity index (χ4v) is 4.47. The number of hydrogen-bond donors (Lipinski definition) is 0. The molecule has 0 aliphatic carbocycles. The molecule has 3 heterocycles. The van der Waals surface area contributed by atoms with Gasteiger partial charge in [0.25, 0.3) is 0 Å². The van der Waals surface area contributed by atoms with Gasteiger partial charge in [0.1, 0.15) is 17.3 Å². The molecule has 1 atom stereocenters. The molecule has 166 valence electrons. The first kappa shape index (κ1) is 20.9. The molecule has 6 nitrogen and oxygen atoms in total. The van der Waals surface area contributed by atoms with E-state index < -0.39 is 0 Å². The molecule has 4 aromatic rings. The minimum absolute atomic E-state index is 0.0576. The number of benzene rings is 2. The Morgan fingerprint density at radius 1 is 1.18 bits per heavy atom. The van der Waals surface area contributed by atoms with Crippen molar-refractivity contribution in [1.29, 1.82) is 0 Å². The first-order valence-corrected chi connectivity index (χ1v) is 11.2. The highest BCUT2D eigenvalue weighted by atomic mass is 16.5. The van der Waals surface area contributed by atoms with Crippen molar-refractivity contribution in [1.82, 2.24) is 19.3 Å². The van der Waals surface area contributed by atoms with E-state index in [9.17, 15) is 4.79 Å². The maximum Gasteiger partial charge on any atom is 0.246 e. The third-order valence-corrected chi connectivity index (χ3v) is 6.39. The topological polar surface area (TPSA) is 59.7 Å². The Hall–Kier alpha value is -3.93. The van der Waals surface area contributed by atoms with Crippen LogP contribution in [-0.2, 0) is 4.79 Å². The lowest BCUT2D eigenvalue weighted by Crippen LogP contribution is -2.29. The van der Waals surface area contributed by atoms with Crippen molar-refractivity contribution in [3.8, 4) is 22.8 Å². The Labute approximate surface area is 193 Å². The van der Waals surface area contributed by atoms with Gasteiger partial charge in [-0.1, -0.05) is 18.7 Å². The normalized spacial score (nSPS) is 15.7. The van der Waals surface area contributed by atoms with Crippen LogP contribution in [0.3, 0.4) is 0 Å². The molecule has 1 aliphatic rings. The number of fused-ring (bicyclic) bond motifs is 1. The van der Waals surface area contributed by atoms with Crippen LogP contribution < -0.4 is 4.74 Å². The number of hydrogen-bond acceptors (Lipinski definition) is 4. The first-order chi connectivity index (χ1) is 16.1. The van der Waals surface area contributed by atoms with Gasteiger partial charge in [0.2, 0.25) is 5.91 Å². The predicted molar refractivity (Wildman–Crippen MR) is 128 cm³/mol. The van der Waals surface area contributed by atoms with E-state index >= 15 is 0 Å². The largest absolute Gasteiger partial charge is 0.457 e. The highest BCUT2D eigenvalue weighted by molar-refractivity contribution is 5.87. The Balaban J connectivity index is 1.50. The van der Waals surface area contributed by atoms with Crippen molar-refractivity contribution < 1.29 is 9.53 Å². The molecule has 1 fully saturated rings. The fraction of sp³-hybridized carbons (Fsp3) is 0.222. The van der Waals surface area contributed by atoms with Gasteiger partial charge in [-0.15, -0.1) is 0 Å². The second-order valence-electron chi connectivity index (χ2n) is 8.37. The van der Waals surface area contributed by atoms with Crippen LogP contribution in [0.1, 0.15) is 35.8 Å². The monoisotopic (exact) mass is 438 g/mol. The Kier molecular flexibility index (Phi) is 5.42. The first-order valence-electron chi connectivity index (χ1n) is 11.2. The van der Waals surface area contributed by atoms with Gasteiger partial charge < -0.3 is 9.64 Å². The summed E-state index contributed by atoms with van der Waals surface area (Å²) in [4.78, 5) is 23.6. The van der Waals surface area contributed by atoms with Gasteiger partial charge >= 0.3 is 0 Å². The average Bonchev–Trinajstić information content (AvgIpc) is 3.47. The van der Waals surface area contributed by atoms with E-state index in [1.807, 2.05) is 58.1 Å². The molecule has 5 rings (SSSR count). The van der Waals surface area contributed by atoms with Crippen LogP contribution in [0.15, 0.2) is 73.7 Å². The van der Waals surface area contributed by atoms with Crippen LogP contribution in [0.25, 0.3) is 16.8 Å². The molecule has 0 bridgehead atoms. The zero-order valence-corrected chi connectivity index (χ0v) is 18.9. The quantitative estimate of drug-likeness (QED) is 0.378. The predicted octanol–water partition coefficient (Wildman–Crippen LogP) is 5.65. The van der Waals surface area contributed by atoms with Crippen molar-refractivity contribution in [3.05, 3.63) is 90.7 Å². The van der Waals surface area contributed by atoms with Crippen LogP contribution >= 0.6 is 0 Å². The van der Waals surface area contributed by atoms with Crippen molar-refractivity contribution in [3.63, 3.8) is 0 Å². The molecule has 2 aromatic carbocycles. The van der Waals surface area contributed by atoms with Gasteiger partial charge in [0.05, 0.1) is 23.4 Å². The molecule has 0 radical (unpaired) electrons. The zero-order chi connectivity index (χ0) is 22.9. The standard InChI is InChI=1S/C27H26N4O2/c1-4-25(32)30-15-6-8-22(30)27-29-26(23-17-28-14-16-31(23)27)20-10-12-21(13-11-20)33-24-9-5-7-18(2)19(24)3/h4-5,7,9-14,16-17,22H,1,6,8,15H2,2-3H3/t22-/m0/s1. The van der Waals surface area contributed by atoms with Gasteiger partial charge in [-0.2, -0.15) is 0 Å². The van der Waals surface area contributed by atoms with E-state index in [2.05, 4.69) is 31.5 Å². The second-order valence-corrected chi connectivity index (χ2v) is 8.37. The maximum atomic E-state index is 12.4. The molecule has 1 aliphatic heterocycles. The summed E-state index contributed by atoms with van der Waals surface area (Å²) in [5, 5.41) is 0. The van der Waals surface area contributed by atoms with E-state index in [4.69, 9.17) is 9.72 Å². The summed E-state index contributed by atoms with van der Waals surface area (Å²) >= 11 is 0. The molecular formula is C27H26N4O2. The summed E-state index contributed by atoms with van der Waals surface area (Å²) in [6.45, 7) is 8.52. The molecular weight excluding hydrogens is 412 g/mol. The van der Waals surface area contributed by atoms with Gasteiger partial charge in [-0.25, -0.2) is 4.98 Å². The second kappa shape index (κ2) is 8.54. The number of ether oxygens (including phenoxy) is 1. The van der Waals surface area contributed by atoms with E-state index in [1.54, 1.807) is 6.20 Å². The lowest BCUT2D eigenvalue weighted by molar-refractivity contribution is -0.127. The Morgan fingerprint density at radius 2 is 2.00 bits per heavy atom. The molecule has 33 heavy (non-hydrogen) atoms. The SMILES string of the molecule is C=CC(=O)N1CCC[C@H]1c1nc(-c2ccc(Oc3cccc(C)c3C)cc2)c2cnccn12. The number of imidazole rings is 1. The van der Waals surface area contributed by atoms with E-state index in [0.717, 1.165) is 59.0 Å². The van der Waals surface area contributed by atoms with Crippen molar-refractivity contribution in [2.24, 2.45) is 0 Å². The number of aryl methyl sites for hydroxylation is 1. The Bertz CT molecular complexity index is 1340. The molecule has 2 aromatic heterocycles. The number of nitrogens with zero attached hydrogens (tertiary/aromatic N) is 4. The van der Waals surface area contributed by atoms with Crippen molar-refractivity contribution >= 4 is 11.4 Å².